The number of aliphatic imine (C=N–C) groups is 1. The lowest BCUT2D eigenvalue weighted by Gasteiger charge is -2.31. The molecule has 0 aliphatic carbocycles. The fourth-order valence-electron chi connectivity index (χ4n) is 3.56. The van der Waals surface area contributed by atoms with Crippen LogP contribution < -0.4 is 10.1 Å². The van der Waals surface area contributed by atoms with Gasteiger partial charge in [0.25, 0.3) is 0 Å². The molecule has 2 unspecified atom stereocenters. The molecule has 0 spiro atoms. The van der Waals surface area contributed by atoms with E-state index in [4.69, 9.17) is 16.3 Å². The second-order valence-electron chi connectivity index (χ2n) is 6.73. The summed E-state index contributed by atoms with van der Waals surface area (Å²) in [5.74, 6) is 0.191. The Morgan fingerprint density at radius 1 is 1.20 bits per heavy atom. The molecule has 1 amide bonds. The van der Waals surface area contributed by atoms with Gasteiger partial charge in [-0.25, -0.2) is 9.67 Å². The van der Waals surface area contributed by atoms with Crippen LogP contribution in [0.4, 0.5) is 11.6 Å². The SMILES string of the molecule is COc1ccccc1NC(=O)C1C(C)=Nc2nc(SC)nn2C1c1ccccc1Cl. The Labute approximate surface area is 183 Å². The average molecular weight is 442 g/mol. The van der Waals surface area contributed by atoms with E-state index >= 15 is 0 Å². The number of rotatable bonds is 5. The first-order valence-electron chi connectivity index (χ1n) is 9.27. The van der Waals surface area contributed by atoms with E-state index in [-0.39, 0.29) is 5.91 Å². The third-order valence-corrected chi connectivity index (χ3v) is 5.84. The number of para-hydroxylation sites is 2. The zero-order chi connectivity index (χ0) is 21.3. The van der Waals surface area contributed by atoms with Crippen LogP contribution in [0.15, 0.2) is 58.7 Å². The Kier molecular flexibility index (Phi) is 5.78. The Hall–Kier alpha value is -2.84. The summed E-state index contributed by atoms with van der Waals surface area (Å²) in [7, 11) is 1.57. The summed E-state index contributed by atoms with van der Waals surface area (Å²) < 4.78 is 7.06. The van der Waals surface area contributed by atoms with E-state index in [0.717, 1.165) is 5.56 Å². The van der Waals surface area contributed by atoms with Gasteiger partial charge in [-0.2, -0.15) is 4.98 Å². The van der Waals surface area contributed by atoms with Gasteiger partial charge in [0.2, 0.25) is 17.0 Å². The van der Waals surface area contributed by atoms with Crippen molar-refractivity contribution in [1.29, 1.82) is 0 Å². The fraction of sp³-hybridized carbons (Fsp3) is 0.238. The van der Waals surface area contributed by atoms with Gasteiger partial charge >= 0.3 is 0 Å². The van der Waals surface area contributed by atoms with Crippen molar-refractivity contribution in [3.05, 3.63) is 59.1 Å². The maximum atomic E-state index is 13.5. The number of aromatic nitrogens is 3. The summed E-state index contributed by atoms with van der Waals surface area (Å²) in [4.78, 5) is 22.5. The molecule has 2 heterocycles. The number of amides is 1. The Morgan fingerprint density at radius 3 is 2.67 bits per heavy atom. The summed E-state index contributed by atoms with van der Waals surface area (Å²) >= 11 is 7.95. The number of hydrogen-bond donors (Lipinski definition) is 1. The molecule has 3 aromatic rings. The van der Waals surface area contributed by atoms with Crippen LogP contribution in [0.2, 0.25) is 5.02 Å². The molecular formula is C21H20ClN5O2S. The normalized spacial score (nSPS) is 17.8. The lowest BCUT2D eigenvalue weighted by atomic mass is 9.87. The third kappa shape index (κ3) is 3.68. The molecule has 30 heavy (non-hydrogen) atoms. The fourth-order valence-corrected chi connectivity index (χ4v) is 4.15. The zero-order valence-corrected chi connectivity index (χ0v) is 18.2. The Bertz CT molecular complexity index is 1130. The van der Waals surface area contributed by atoms with Gasteiger partial charge in [0.05, 0.1) is 18.8 Å². The molecule has 9 heteroatoms. The number of halogens is 1. The van der Waals surface area contributed by atoms with Crippen LogP contribution in [-0.4, -0.2) is 39.7 Å². The lowest BCUT2D eigenvalue weighted by molar-refractivity contribution is -0.118. The number of anilines is 1. The summed E-state index contributed by atoms with van der Waals surface area (Å²) in [6.07, 6.45) is 1.90. The van der Waals surface area contributed by atoms with Gasteiger partial charge < -0.3 is 10.1 Å². The predicted octanol–water partition coefficient (Wildman–Crippen LogP) is 4.61. The van der Waals surface area contributed by atoms with Crippen molar-refractivity contribution in [2.75, 3.05) is 18.7 Å². The molecular weight excluding hydrogens is 422 g/mol. The van der Waals surface area contributed by atoms with Crippen LogP contribution in [0.5, 0.6) is 5.75 Å². The highest BCUT2D eigenvalue weighted by molar-refractivity contribution is 7.98. The highest BCUT2D eigenvalue weighted by Crippen LogP contribution is 2.39. The van der Waals surface area contributed by atoms with E-state index in [1.165, 1.54) is 11.8 Å². The van der Waals surface area contributed by atoms with Gasteiger partial charge in [-0.05, 0) is 36.9 Å². The number of thioether (sulfide) groups is 1. The van der Waals surface area contributed by atoms with Gasteiger partial charge in [-0.1, -0.05) is 53.7 Å². The van der Waals surface area contributed by atoms with Crippen molar-refractivity contribution >= 4 is 46.6 Å². The minimum Gasteiger partial charge on any atom is -0.495 e. The maximum absolute atomic E-state index is 13.5. The molecule has 0 bridgehead atoms. The highest BCUT2D eigenvalue weighted by Gasteiger charge is 2.40. The molecule has 0 saturated heterocycles. The number of fused-ring (bicyclic) bond motifs is 1. The van der Waals surface area contributed by atoms with Crippen LogP contribution in [0.25, 0.3) is 0 Å². The highest BCUT2D eigenvalue weighted by atomic mass is 35.5. The topological polar surface area (TPSA) is 81.4 Å². The number of nitrogens with zero attached hydrogens (tertiary/aromatic N) is 4. The number of carbonyl (C=O) groups excluding carboxylic acids is 1. The van der Waals surface area contributed by atoms with Gasteiger partial charge in [0, 0.05) is 10.7 Å². The second-order valence-corrected chi connectivity index (χ2v) is 7.91. The molecule has 1 aromatic heterocycles. The van der Waals surface area contributed by atoms with Gasteiger partial charge in [0.1, 0.15) is 11.7 Å². The first kappa shape index (κ1) is 20.4. The molecule has 1 N–H and O–H groups in total. The van der Waals surface area contributed by atoms with E-state index < -0.39 is 12.0 Å². The predicted molar refractivity (Wildman–Crippen MR) is 119 cm³/mol. The quantitative estimate of drug-likeness (QED) is 0.584. The van der Waals surface area contributed by atoms with E-state index in [0.29, 0.717) is 33.3 Å². The van der Waals surface area contributed by atoms with Crippen molar-refractivity contribution in [1.82, 2.24) is 14.8 Å². The molecule has 0 fully saturated rings. The van der Waals surface area contributed by atoms with Crippen molar-refractivity contribution < 1.29 is 9.53 Å². The molecule has 1 aliphatic rings. The lowest BCUT2D eigenvalue weighted by Crippen LogP contribution is -2.39. The Balaban J connectivity index is 1.80. The molecule has 0 saturated carbocycles. The van der Waals surface area contributed by atoms with Crippen LogP contribution in [0.3, 0.4) is 0 Å². The minimum absolute atomic E-state index is 0.225. The summed E-state index contributed by atoms with van der Waals surface area (Å²) in [6.45, 7) is 1.83. The van der Waals surface area contributed by atoms with Crippen molar-refractivity contribution in [2.24, 2.45) is 10.9 Å². The number of benzene rings is 2. The molecule has 2 atom stereocenters. The van der Waals surface area contributed by atoms with Crippen molar-refractivity contribution in [2.45, 2.75) is 18.1 Å². The minimum atomic E-state index is -0.626. The smallest absolute Gasteiger partial charge is 0.249 e. The largest absolute Gasteiger partial charge is 0.495 e. The number of hydrogen-bond acceptors (Lipinski definition) is 6. The van der Waals surface area contributed by atoms with Crippen LogP contribution in [0.1, 0.15) is 18.5 Å². The van der Waals surface area contributed by atoms with Crippen LogP contribution in [0, 0.1) is 5.92 Å². The third-order valence-electron chi connectivity index (χ3n) is 4.95. The van der Waals surface area contributed by atoms with E-state index in [1.807, 2.05) is 43.5 Å². The number of ether oxygens (including phenoxy) is 1. The standard InChI is InChI=1S/C21H20ClN5O2S/c1-12-17(19(28)24-15-10-6-7-11-16(15)29-2)18(13-8-4-5-9-14(13)22)27-20(23-12)25-21(26-27)30-3/h4-11,17-18H,1-3H3,(H,24,28). The molecule has 154 valence electrons. The van der Waals surface area contributed by atoms with Gasteiger partial charge in [-0.15, -0.1) is 5.10 Å². The summed E-state index contributed by atoms with van der Waals surface area (Å²) in [5, 5.41) is 8.69. The van der Waals surface area contributed by atoms with Gasteiger partial charge in [0.15, 0.2) is 0 Å². The van der Waals surface area contributed by atoms with Crippen LogP contribution >= 0.6 is 23.4 Å². The zero-order valence-electron chi connectivity index (χ0n) is 16.7. The first-order valence-corrected chi connectivity index (χ1v) is 10.9. The molecule has 2 aromatic carbocycles. The Morgan fingerprint density at radius 2 is 1.93 bits per heavy atom. The second kappa shape index (κ2) is 8.49. The average Bonchev–Trinajstić information content (AvgIpc) is 3.16. The van der Waals surface area contributed by atoms with E-state index in [9.17, 15) is 4.79 Å². The van der Waals surface area contributed by atoms with Crippen molar-refractivity contribution in [3.8, 4) is 5.75 Å². The molecule has 7 nitrogen and oxygen atoms in total. The number of methoxy groups -OCH3 is 1. The number of carbonyl (C=O) groups is 1. The first-order chi connectivity index (χ1) is 14.5. The maximum Gasteiger partial charge on any atom is 0.249 e. The van der Waals surface area contributed by atoms with Crippen molar-refractivity contribution in [3.63, 3.8) is 0 Å². The van der Waals surface area contributed by atoms with Crippen LogP contribution in [-0.2, 0) is 4.79 Å². The summed E-state index contributed by atoms with van der Waals surface area (Å²) in [6, 6.07) is 14.3. The molecule has 4 rings (SSSR count). The van der Waals surface area contributed by atoms with E-state index in [2.05, 4.69) is 20.4 Å². The molecule has 1 aliphatic heterocycles. The van der Waals surface area contributed by atoms with E-state index in [1.54, 1.807) is 30.0 Å². The van der Waals surface area contributed by atoms with Gasteiger partial charge in [-0.3, -0.25) is 4.79 Å². The molecule has 0 radical (unpaired) electrons. The number of nitrogens with one attached hydrogen (secondary N) is 1. The monoisotopic (exact) mass is 441 g/mol. The summed E-state index contributed by atoms with van der Waals surface area (Å²) in [5.41, 5.74) is 2.01.